The van der Waals surface area contributed by atoms with E-state index in [1.54, 1.807) is 0 Å². The number of fused-ring (bicyclic) bond motifs is 1. The molecule has 6 rings (SSSR count). The average molecular weight is 757 g/mol. The summed E-state index contributed by atoms with van der Waals surface area (Å²) < 4.78 is 45.0. The van der Waals surface area contributed by atoms with E-state index >= 15 is 0 Å². The van der Waals surface area contributed by atoms with Gasteiger partial charge in [-0.2, -0.15) is 0 Å². The van der Waals surface area contributed by atoms with Crippen molar-refractivity contribution in [2.75, 3.05) is 20.3 Å². The molecule has 0 bridgehead atoms. The lowest BCUT2D eigenvalue weighted by Crippen LogP contribution is -2.62. The Morgan fingerprint density at radius 2 is 1.49 bits per heavy atom. The molecule has 0 radical (unpaired) electrons. The van der Waals surface area contributed by atoms with Crippen molar-refractivity contribution in [1.82, 2.24) is 0 Å². The van der Waals surface area contributed by atoms with Crippen molar-refractivity contribution >= 4 is 11.0 Å². The molecule has 4 heterocycles. The van der Waals surface area contributed by atoms with Gasteiger partial charge in [0.2, 0.25) is 23.8 Å². The molecule has 0 unspecified atom stereocenters. The van der Waals surface area contributed by atoms with Crippen LogP contribution < -0.4 is 19.6 Å². The highest BCUT2D eigenvalue weighted by Crippen LogP contribution is 2.40. The molecular formula is C33H40O20. The summed E-state index contributed by atoms with van der Waals surface area (Å²) in [6, 6.07) is 5.90. The van der Waals surface area contributed by atoms with E-state index < -0.39 is 122 Å². The normalized spacial score (nSPS) is 36.3. The van der Waals surface area contributed by atoms with Crippen LogP contribution in [-0.4, -0.2) is 163 Å². The van der Waals surface area contributed by atoms with Gasteiger partial charge < -0.3 is 93.7 Å². The number of phenols is 2. The van der Waals surface area contributed by atoms with E-state index in [0.717, 1.165) is 12.1 Å². The molecule has 3 saturated heterocycles. The first-order valence-corrected chi connectivity index (χ1v) is 16.3. The van der Waals surface area contributed by atoms with Crippen LogP contribution in [0.1, 0.15) is 6.92 Å². The predicted molar refractivity (Wildman–Crippen MR) is 172 cm³/mol. The van der Waals surface area contributed by atoms with Crippen LogP contribution in [0.25, 0.3) is 22.3 Å². The molecule has 53 heavy (non-hydrogen) atoms. The zero-order valence-corrected chi connectivity index (χ0v) is 28.0. The van der Waals surface area contributed by atoms with E-state index in [2.05, 4.69) is 0 Å². The van der Waals surface area contributed by atoms with Gasteiger partial charge in [-0.1, -0.05) is 0 Å². The van der Waals surface area contributed by atoms with E-state index in [-0.39, 0.29) is 34.2 Å². The van der Waals surface area contributed by atoms with Gasteiger partial charge in [-0.25, -0.2) is 0 Å². The molecule has 0 spiro atoms. The zero-order valence-electron chi connectivity index (χ0n) is 28.0. The van der Waals surface area contributed by atoms with Crippen molar-refractivity contribution in [1.29, 1.82) is 0 Å². The van der Waals surface area contributed by atoms with Crippen molar-refractivity contribution in [3.05, 3.63) is 40.6 Å². The summed E-state index contributed by atoms with van der Waals surface area (Å²) in [7, 11) is 1.26. The summed E-state index contributed by atoms with van der Waals surface area (Å²) in [5.41, 5.74) is -1.32. The van der Waals surface area contributed by atoms with Gasteiger partial charge in [-0.05, 0) is 25.1 Å². The second kappa shape index (κ2) is 15.5. The molecule has 292 valence electrons. The molecule has 14 atom stereocenters. The molecule has 3 fully saturated rings. The van der Waals surface area contributed by atoms with Crippen molar-refractivity contribution in [2.45, 2.75) is 92.9 Å². The van der Waals surface area contributed by atoms with Crippen LogP contribution in [0.4, 0.5) is 0 Å². The summed E-state index contributed by atoms with van der Waals surface area (Å²) in [5.74, 6) is -2.39. The molecule has 3 aliphatic rings. The number of aliphatic hydroxyl groups is 9. The Kier molecular flexibility index (Phi) is 11.3. The van der Waals surface area contributed by atoms with Gasteiger partial charge in [0.25, 0.3) is 0 Å². The Morgan fingerprint density at radius 3 is 2.19 bits per heavy atom. The van der Waals surface area contributed by atoms with Gasteiger partial charge in [0.15, 0.2) is 29.7 Å². The van der Waals surface area contributed by atoms with Gasteiger partial charge >= 0.3 is 0 Å². The molecule has 2 aromatic carbocycles. The summed E-state index contributed by atoms with van der Waals surface area (Å²) in [5, 5.41) is 113. The van der Waals surface area contributed by atoms with E-state index in [4.69, 9.17) is 37.6 Å². The standard InChI is InChI=1S/C33H40O20/c1-10-20(38)25(43)30(53-31-26(44)21(39)15(37)9-47-31)33(48-10)49-12-6-14(36)19-17(7-12)50-28(11-3-4-13(35)16(5-11)46-2)29(23(19)41)52-32-27(45)24(42)22(40)18(8-34)51-32/h3-7,10,15,18,20-22,24-27,30-40,42-45H,8-9H2,1-2H3/t10-,15+,18+,20-,21-,22-,24-,25+,26+,27+,30+,31-,32-,33-/m0/s1. The summed E-state index contributed by atoms with van der Waals surface area (Å²) >= 11 is 0. The monoisotopic (exact) mass is 756 g/mol. The van der Waals surface area contributed by atoms with Gasteiger partial charge in [0.1, 0.15) is 77.4 Å². The number of phenolic OH excluding ortho intramolecular Hbond substituents is 2. The third-order valence-electron chi connectivity index (χ3n) is 9.21. The first-order chi connectivity index (χ1) is 25.1. The van der Waals surface area contributed by atoms with Crippen LogP contribution in [0.2, 0.25) is 0 Å². The fourth-order valence-corrected chi connectivity index (χ4v) is 6.15. The molecule has 11 N–H and O–H groups in total. The number of ether oxygens (including phenoxy) is 7. The topological polar surface area (TPSA) is 317 Å². The van der Waals surface area contributed by atoms with Gasteiger partial charge in [0.05, 0.1) is 26.4 Å². The number of hydrogen-bond acceptors (Lipinski definition) is 20. The molecule has 3 aliphatic heterocycles. The SMILES string of the molecule is COc1cc(-c2oc3cc(O[C@@H]4O[C@@H](C)[C@H](O)[C@@H](O)[C@H]4O[C@@H]4OC[C@@H](O)[C@H](O)[C@H]4O)cc(O)c3c(=O)c2O[C@@H]2O[C@H](CO)[C@H](O)[C@H](O)[C@H]2O)ccc1O. The average Bonchev–Trinajstić information content (AvgIpc) is 3.13. The Labute approximate surface area is 298 Å². The second-order valence-corrected chi connectivity index (χ2v) is 12.8. The highest BCUT2D eigenvalue weighted by atomic mass is 16.8. The Hall–Kier alpha value is -3.87. The Morgan fingerprint density at radius 1 is 0.774 bits per heavy atom. The van der Waals surface area contributed by atoms with Crippen molar-refractivity contribution in [3.8, 4) is 40.1 Å². The van der Waals surface area contributed by atoms with Crippen LogP contribution in [-0.2, 0) is 18.9 Å². The van der Waals surface area contributed by atoms with E-state index in [1.807, 2.05) is 0 Å². The summed E-state index contributed by atoms with van der Waals surface area (Å²) in [6.07, 6.45) is -22.8. The Balaban J connectivity index is 1.40. The number of rotatable bonds is 9. The molecule has 0 amide bonds. The maximum atomic E-state index is 14.1. The lowest BCUT2D eigenvalue weighted by molar-refractivity contribution is -0.341. The quantitative estimate of drug-likeness (QED) is 0.102. The maximum absolute atomic E-state index is 14.1. The largest absolute Gasteiger partial charge is 0.507 e. The fraction of sp³-hybridized carbons (Fsp3) is 0.545. The van der Waals surface area contributed by atoms with Crippen LogP contribution in [0.15, 0.2) is 39.5 Å². The number of hydrogen-bond donors (Lipinski definition) is 11. The van der Waals surface area contributed by atoms with Crippen molar-refractivity contribution < 1.29 is 93.7 Å². The molecule has 1 aromatic heterocycles. The number of aliphatic hydroxyl groups excluding tert-OH is 9. The molecule has 0 saturated carbocycles. The number of methoxy groups -OCH3 is 1. The van der Waals surface area contributed by atoms with Crippen LogP contribution in [0.3, 0.4) is 0 Å². The van der Waals surface area contributed by atoms with E-state index in [9.17, 15) is 61.0 Å². The van der Waals surface area contributed by atoms with Crippen LogP contribution >= 0.6 is 0 Å². The maximum Gasteiger partial charge on any atom is 0.239 e. The predicted octanol–water partition coefficient (Wildman–Crippen LogP) is -3.27. The van der Waals surface area contributed by atoms with Gasteiger partial charge in [-0.15, -0.1) is 0 Å². The Bertz CT molecular complexity index is 1820. The van der Waals surface area contributed by atoms with Gasteiger partial charge in [-0.3, -0.25) is 4.79 Å². The minimum absolute atomic E-state index is 0.0532. The molecule has 20 nitrogen and oxygen atoms in total. The first kappa shape index (κ1) is 38.8. The summed E-state index contributed by atoms with van der Waals surface area (Å²) in [6.45, 7) is 0.179. The minimum atomic E-state index is -1.94. The lowest BCUT2D eigenvalue weighted by atomic mass is 9.99. The van der Waals surface area contributed by atoms with E-state index in [0.29, 0.717) is 0 Å². The third-order valence-corrected chi connectivity index (χ3v) is 9.21. The molecule has 20 heteroatoms. The highest BCUT2D eigenvalue weighted by molar-refractivity contribution is 5.88. The number of aromatic hydroxyl groups is 2. The zero-order chi connectivity index (χ0) is 38.5. The highest BCUT2D eigenvalue weighted by Gasteiger charge is 2.49. The second-order valence-electron chi connectivity index (χ2n) is 12.8. The van der Waals surface area contributed by atoms with Gasteiger partial charge in [0, 0.05) is 17.7 Å². The van der Waals surface area contributed by atoms with Crippen LogP contribution in [0, 0.1) is 0 Å². The molecular weight excluding hydrogens is 716 g/mol. The summed E-state index contributed by atoms with van der Waals surface area (Å²) in [4.78, 5) is 14.1. The smallest absolute Gasteiger partial charge is 0.239 e. The van der Waals surface area contributed by atoms with Crippen molar-refractivity contribution in [3.63, 3.8) is 0 Å². The number of benzene rings is 2. The fourth-order valence-electron chi connectivity index (χ4n) is 6.15. The van der Waals surface area contributed by atoms with Crippen LogP contribution in [0.5, 0.6) is 28.7 Å². The van der Waals surface area contributed by atoms with E-state index in [1.165, 1.54) is 32.2 Å². The molecule has 3 aromatic rings. The third kappa shape index (κ3) is 7.34. The minimum Gasteiger partial charge on any atom is -0.507 e. The molecule has 0 aliphatic carbocycles. The lowest BCUT2D eigenvalue weighted by Gasteiger charge is -2.44. The first-order valence-electron chi connectivity index (χ1n) is 16.3. The van der Waals surface area contributed by atoms with Crippen molar-refractivity contribution in [2.24, 2.45) is 0 Å².